The predicted octanol–water partition coefficient (Wildman–Crippen LogP) is 0.176. The van der Waals surface area contributed by atoms with E-state index < -0.39 is 0 Å². The molecule has 0 radical (unpaired) electrons. The van der Waals surface area contributed by atoms with Crippen molar-refractivity contribution in [3.63, 3.8) is 0 Å². The zero-order chi connectivity index (χ0) is 14.4. The summed E-state index contributed by atoms with van der Waals surface area (Å²) in [6.07, 6.45) is 0. The topological polar surface area (TPSA) is 66.5 Å². The molecule has 6 nitrogen and oxygen atoms in total. The Labute approximate surface area is 119 Å². The zero-order valence-electron chi connectivity index (χ0n) is 12.1. The Morgan fingerprint density at radius 2 is 2.20 bits per heavy atom. The molecule has 2 heterocycles. The van der Waals surface area contributed by atoms with Crippen LogP contribution in [0.25, 0.3) is 0 Å². The molecule has 1 aromatic rings. The number of anilines is 1. The largest absolute Gasteiger partial charge is 0.383 e. The summed E-state index contributed by atoms with van der Waals surface area (Å²) in [7, 11) is 1.61. The lowest BCUT2D eigenvalue weighted by Crippen LogP contribution is -2.44. The first kappa shape index (κ1) is 14.7. The molecule has 1 aliphatic rings. The zero-order valence-corrected chi connectivity index (χ0v) is 12.1. The maximum absolute atomic E-state index is 11.9. The Morgan fingerprint density at radius 3 is 2.85 bits per heavy atom. The van der Waals surface area contributed by atoms with Gasteiger partial charge in [0.05, 0.1) is 18.0 Å². The molecule has 0 aromatic carbocycles. The molecule has 0 saturated carbocycles. The van der Waals surface area contributed by atoms with Crippen molar-refractivity contribution in [1.29, 1.82) is 0 Å². The van der Waals surface area contributed by atoms with E-state index in [1.54, 1.807) is 13.2 Å². The number of nitrogens with zero attached hydrogens (tertiary/aromatic N) is 2. The highest BCUT2D eigenvalue weighted by molar-refractivity contribution is 5.92. The summed E-state index contributed by atoms with van der Waals surface area (Å²) in [6, 6.07) is 3.77. The van der Waals surface area contributed by atoms with Crippen LogP contribution < -0.4 is 15.5 Å². The molecular weight excluding hydrogens is 256 g/mol. The van der Waals surface area contributed by atoms with Gasteiger partial charge in [0, 0.05) is 39.8 Å². The number of nitrogens with one attached hydrogen (secondary N) is 2. The average molecular weight is 278 g/mol. The standard InChI is InChI=1S/C14H22N4O2/c1-11-13(18-8-5-15-6-9-18)4-3-12(17-11)14(19)16-7-10-20-2/h3-4,15H,5-10H2,1-2H3,(H,16,19). The van der Waals surface area contributed by atoms with Gasteiger partial charge >= 0.3 is 0 Å². The molecule has 2 N–H and O–H groups in total. The van der Waals surface area contributed by atoms with Crippen LogP contribution in [-0.4, -0.2) is 57.3 Å². The van der Waals surface area contributed by atoms with Crippen molar-refractivity contribution in [1.82, 2.24) is 15.6 Å². The Kier molecular flexibility index (Phi) is 5.31. The summed E-state index contributed by atoms with van der Waals surface area (Å²) in [4.78, 5) is 18.6. The van der Waals surface area contributed by atoms with E-state index in [0.29, 0.717) is 18.8 Å². The van der Waals surface area contributed by atoms with E-state index in [1.165, 1.54) is 0 Å². The number of carbonyl (C=O) groups is 1. The first-order chi connectivity index (χ1) is 9.72. The molecule has 1 aliphatic heterocycles. The minimum atomic E-state index is -0.156. The average Bonchev–Trinajstić information content (AvgIpc) is 2.48. The number of hydrogen-bond donors (Lipinski definition) is 2. The second-order valence-corrected chi connectivity index (χ2v) is 4.79. The number of hydrogen-bond acceptors (Lipinski definition) is 5. The number of amides is 1. The van der Waals surface area contributed by atoms with Crippen LogP contribution in [0.5, 0.6) is 0 Å². The number of pyridine rings is 1. The van der Waals surface area contributed by atoms with Crippen LogP contribution >= 0.6 is 0 Å². The monoisotopic (exact) mass is 278 g/mol. The molecule has 0 atom stereocenters. The van der Waals surface area contributed by atoms with Crippen molar-refractivity contribution < 1.29 is 9.53 Å². The first-order valence-electron chi connectivity index (χ1n) is 6.93. The first-order valence-corrected chi connectivity index (χ1v) is 6.93. The second kappa shape index (κ2) is 7.21. The van der Waals surface area contributed by atoms with Gasteiger partial charge in [0.1, 0.15) is 5.69 Å². The molecule has 0 spiro atoms. The van der Waals surface area contributed by atoms with E-state index in [9.17, 15) is 4.79 Å². The third kappa shape index (κ3) is 3.68. The summed E-state index contributed by atoms with van der Waals surface area (Å²) in [5.74, 6) is -0.156. The van der Waals surface area contributed by atoms with Crippen molar-refractivity contribution >= 4 is 11.6 Å². The van der Waals surface area contributed by atoms with E-state index in [2.05, 4.69) is 20.5 Å². The van der Waals surface area contributed by atoms with Crippen molar-refractivity contribution in [2.75, 3.05) is 51.3 Å². The Morgan fingerprint density at radius 1 is 1.45 bits per heavy atom. The Balaban J connectivity index is 2.03. The molecule has 0 unspecified atom stereocenters. The molecule has 1 aromatic heterocycles. The highest BCUT2D eigenvalue weighted by Crippen LogP contribution is 2.19. The molecule has 1 amide bonds. The predicted molar refractivity (Wildman–Crippen MR) is 78.3 cm³/mol. The van der Waals surface area contributed by atoms with Gasteiger partial charge in [-0.1, -0.05) is 0 Å². The number of carbonyl (C=O) groups excluding carboxylic acids is 1. The van der Waals surface area contributed by atoms with Gasteiger partial charge in [0.15, 0.2) is 0 Å². The molecule has 2 rings (SSSR count). The smallest absolute Gasteiger partial charge is 0.269 e. The van der Waals surface area contributed by atoms with Crippen LogP contribution in [0.3, 0.4) is 0 Å². The van der Waals surface area contributed by atoms with Crippen LogP contribution in [0.1, 0.15) is 16.2 Å². The number of ether oxygens (including phenoxy) is 1. The Hall–Kier alpha value is -1.66. The number of methoxy groups -OCH3 is 1. The second-order valence-electron chi connectivity index (χ2n) is 4.79. The van der Waals surface area contributed by atoms with Crippen LogP contribution in [-0.2, 0) is 4.74 Å². The minimum absolute atomic E-state index is 0.156. The van der Waals surface area contributed by atoms with Gasteiger partial charge in [0.2, 0.25) is 0 Å². The van der Waals surface area contributed by atoms with E-state index in [-0.39, 0.29) is 5.91 Å². The minimum Gasteiger partial charge on any atom is -0.383 e. The van der Waals surface area contributed by atoms with Crippen molar-refractivity contribution in [2.24, 2.45) is 0 Å². The van der Waals surface area contributed by atoms with Gasteiger partial charge in [-0.25, -0.2) is 4.98 Å². The molecule has 0 aliphatic carbocycles. The highest BCUT2D eigenvalue weighted by atomic mass is 16.5. The van der Waals surface area contributed by atoms with Gasteiger partial charge in [-0.05, 0) is 19.1 Å². The summed E-state index contributed by atoms with van der Waals surface area (Å²) in [5, 5.41) is 6.10. The van der Waals surface area contributed by atoms with E-state index in [4.69, 9.17) is 4.74 Å². The summed E-state index contributed by atoms with van der Waals surface area (Å²) in [5.41, 5.74) is 2.46. The lowest BCUT2D eigenvalue weighted by Gasteiger charge is -2.30. The van der Waals surface area contributed by atoms with Crippen LogP contribution in [0.15, 0.2) is 12.1 Å². The maximum Gasteiger partial charge on any atom is 0.269 e. The lowest BCUT2D eigenvalue weighted by molar-refractivity contribution is 0.0932. The molecule has 1 saturated heterocycles. The van der Waals surface area contributed by atoms with E-state index in [0.717, 1.165) is 37.6 Å². The van der Waals surface area contributed by atoms with Crippen LogP contribution in [0, 0.1) is 6.92 Å². The third-order valence-corrected chi connectivity index (χ3v) is 3.34. The lowest BCUT2D eigenvalue weighted by atomic mass is 10.2. The molecule has 110 valence electrons. The van der Waals surface area contributed by atoms with Crippen molar-refractivity contribution in [2.45, 2.75) is 6.92 Å². The molecular formula is C14H22N4O2. The van der Waals surface area contributed by atoms with Gasteiger partial charge in [-0.15, -0.1) is 0 Å². The summed E-state index contributed by atoms with van der Waals surface area (Å²) >= 11 is 0. The number of rotatable bonds is 5. The fourth-order valence-corrected chi connectivity index (χ4v) is 2.28. The van der Waals surface area contributed by atoms with Crippen molar-refractivity contribution in [3.8, 4) is 0 Å². The summed E-state index contributed by atoms with van der Waals surface area (Å²) in [6.45, 7) is 6.86. The SMILES string of the molecule is COCCNC(=O)c1ccc(N2CCNCC2)c(C)n1. The number of aromatic nitrogens is 1. The summed E-state index contributed by atoms with van der Waals surface area (Å²) < 4.78 is 4.90. The van der Waals surface area contributed by atoms with Gasteiger partial charge in [0.25, 0.3) is 5.91 Å². The van der Waals surface area contributed by atoms with Crippen molar-refractivity contribution in [3.05, 3.63) is 23.5 Å². The maximum atomic E-state index is 11.9. The fourth-order valence-electron chi connectivity index (χ4n) is 2.28. The van der Waals surface area contributed by atoms with Gasteiger partial charge in [-0.3, -0.25) is 4.79 Å². The molecule has 6 heteroatoms. The number of aryl methyl sites for hydroxylation is 1. The molecule has 1 fully saturated rings. The normalized spacial score (nSPS) is 15.2. The van der Waals surface area contributed by atoms with Crippen LogP contribution in [0.4, 0.5) is 5.69 Å². The quantitative estimate of drug-likeness (QED) is 0.752. The van der Waals surface area contributed by atoms with Crippen LogP contribution in [0.2, 0.25) is 0 Å². The third-order valence-electron chi connectivity index (χ3n) is 3.34. The van der Waals surface area contributed by atoms with E-state index in [1.807, 2.05) is 13.0 Å². The Bertz CT molecular complexity index is 458. The molecule has 0 bridgehead atoms. The van der Waals surface area contributed by atoms with E-state index >= 15 is 0 Å². The number of piperazine rings is 1. The van der Waals surface area contributed by atoms with Gasteiger partial charge in [-0.2, -0.15) is 0 Å². The molecule has 20 heavy (non-hydrogen) atoms. The highest BCUT2D eigenvalue weighted by Gasteiger charge is 2.15. The fraction of sp³-hybridized carbons (Fsp3) is 0.571. The van der Waals surface area contributed by atoms with Gasteiger partial charge < -0.3 is 20.3 Å².